The Bertz CT molecular complexity index is 1090. The van der Waals surface area contributed by atoms with Crippen molar-refractivity contribution in [1.82, 2.24) is 5.32 Å². The first-order chi connectivity index (χ1) is 30.9. The van der Waals surface area contributed by atoms with Crippen LogP contribution in [0.15, 0.2) is 36.5 Å². The number of carboxylic acid groups (broad SMARTS) is 1. The van der Waals surface area contributed by atoms with Crippen molar-refractivity contribution >= 4 is 17.8 Å². The molecule has 0 rings (SSSR count). The number of nitrogens with one attached hydrogen (secondary N) is 1. The van der Waals surface area contributed by atoms with Crippen LogP contribution in [0.4, 0.5) is 0 Å². The van der Waals surface area contributed by atoms with Crippen LogP contribution in [-0.4, -0.2) is 41.6 Å². The minimum atomic E-state index is -1.00. The maximum absolute atomic E-state index is 12.9. The van der Waals surface area contributed by atoms with Crippen molar-refractivity contribution in [3.8, 4) is 0 Å². The Labute approximate surface area is 390 Å². The molecule has 2 atom stereocenters. The number of carbonyl (C=O) groups excluding carboxylic acids is 2. The lowest BCUT2D eigenvalue weighted by atomic mass is 10.0. The van der Waals surface area contributed by atoms with Gasteiger partial charge in [-0.3, -0.25) is 9.59 Å². The van der Waals surface area contributed by atoms with Gasteiger partial charge in [-0.25, -0.2) is 4.79 Å². The fourth-order valence-electron chi connectivity index (χ4n) is 8.34. The van der Waals surface area contributed by atoms with Gasteiger partial charge in [0.05, 0.1) is 0 Å². The number of aliphatic carboxylic acids is 1. The van der Waals surface area contributed by atoms with Crippen LogP contribution in [0.1, 0.15) is 284 Å². The molecule has 0 spiro atoms. The summed E-state index contributed by atoms with van der Waals surface area (Å²) in [6.45, 7) is 4.96. The summed E-state index contributed by atoms with van der Waals surface area (Å²) in [5.74, 6) is -1.22. The topological polar surface area (TPSA) is 119 Å². The van der Waals surface area contributed by atoms with Crippen LogP contribution in [-0.2, 0) is 19.1 Å². The predicted molar refractivity (Wildman–Crippen MR) is 271 cm³/mol. The summed E-state index contributed by atoms with van der Waals surface area (Å²) in [6.07, 6.45) is 62.1. The van der Waals surface area contributed by atoms with Crippen molar-refractivity contribution in [1.29, 1.82) is 0 Å². The number of esters is 1. The SMILES string of the molecule is CCCCCCC/C=C\C/C=C\C/C=C\CCCCCCCCCCC(=O)OC(CCCCCCCCCCCCCCCC)CCCCCCCC(=O)NC(CCCN)C(=O)O. The van der Waals surface area contributed by atoms with Gasteiger partial charge in [-0.2, -0.15) is 0 Å². The third-order valence-corrected chi connectivity index (χ3v) is 12.5. The Kier molecular flexibility index (Phi) is 48.7. The van der Waals surface area contributed by atoms with E-state index in [-0.39, 0.29) is 18.0 Å². The Balaban J connectivity index is 4.24. The van der Waals surface area contributed by atoms with E-state index in [4.69, 9.17) is 10.5 Å². The first-order valence-electron chi connectivity index (χ1n) is 27.3. The Morgan fingerprint density at radius 2 is 0.825 bits per heavy atom. The maximum Gasteiger partial charge on any atom is 0.326 e. The molecule has 0 aromatic heterocycles. The van der Waals surface area contributed by atoms with Crippen LogP contribution >= 0.6 is 0 Å². The van der Waals surface area contributed by atoms with Crippen LogP contribution in [0.25, 0.3) is 0 Å². The van der Waals surface area contributed by atoms with Gasteiger partial charge in [-0.15, -0.1) is 0 Å². The van der Waals surface area contributed by atoms with Gasteiger partial charge in [0.15, 0.2) is 0 Å². The smallest absolute Gasteiger partial charge is 0.326 e. The summed E-state index contributed by atoms with van der Waals surface area (Å²) >= 11 is 0. The summed E-state index contributed by atoms with van der Waals surface area (Å²) < 4.78 is 6.10. The number of unbranched alkanes of at least 4 members (excludes halogenated alkanes) is 30. The number of hydrogen-bond acceptors (Lipinski definition) is 5. The van der Waals surface area contributed by atoms with Gasteiger partial charge in [0, 0.05) is 12.8 Å². The summed E-state index contributed by atoms with van der Waals surface area (Å²) in [7, 11) is 0. The van der Waals surface area contributed by atoms with Crippen molar-refractivity contribution in [2.24, 2.45) is 5.73 Å². The van der Waals surface area contributed by atoms with E-state index in [1.165, 1.54) is 167 Å². The number of allylic oxidation sites excluding steroid dienone is 6. The third kappa shape index (κ3) is 47.4. The molecule has 0 radical (unpaired) electrons. The summed E-state index contributed by atoms with van der Waals surface area (Å²) in [5, 5.41) is 12.0. The molecule has 0 heterocycles. The van der Waals surface area contributed by atoms with Crippen molar-refractivity contribution in [3.05, 3.63) is 36.5 Å². The highest BCUT2D eigenvalue weighted by atomic mass is 16.5. The zero-order valence-electron chi connectivity index (χ0n) is 41.7. The lowest BCUT2D eigenvalue weighted by Crippen LogP contribution is -2.40. The zero-order valence-corrected chi connectivity index (χ0v) is 41.7. The highest BCUT2D eigenvalue weighted by Crippen LogP contribution is 2.20. The fourth-order valence-corrected chi connectivity index (χ4v) is 8.34. The Morgan fingerprint density at radius 3 is 1.24 bits per heavy atom. The maximum atomic E-state index is 12.9. The van der Waals surface area contributed by atoms with Gasteiger partial charge in [0.25, 0.3) is 0 Å². The van der Waals surface area contributed by atoms with Gasteiger partial charge < -0.3 is 20.9 Å². The predicted octanol–water partition coefficient (Wildman–Crippen LogP) is 16.5. The molecule has 0 aliphatic carbocycles. The minimum Gasteiger partial charge on any atom is -0.480 e. The molecule has 4 N–H and O–H groups in total. The zero-order chi connectivity index (χ0) is 45.9. The molecule has 0 aromatic rings. The molecule has 1 amide bonds. The average molecular weight is 885 g/mol. The van der Waals surface area contributed by atoms with E-state index in [2.05, 4.69) is 55.6 Å². The highest BCUT2D eigenvalue weighted by Gasteiger charge is 2.19. The largest absolute Gasteiger partial charge is 0.480 e. The second kappa shape index (κ2) is 50.6. The van der Waals surface area contributed by atoms with Crippen molar-refractivity contribution in [2.75, 3.05) is 6.54 Å². The molecule has 0 aliphatic rings. The third-order valence-electron chi connectivity index (χ3n) is 12.5. The second-order valence-electron chi connectivity index (χ2n) is 18.6. The molecule has 63 heavy (non-hydrogen) atoms. The van der Waals surface area contributed by atoms with E-state index >= 15 is 0 Å². The van der Waals surface area contributed by atoms with E-state index in [1.54, 1.807) is 0 Å². The van der Waals surface area contributed by atoms with E-state index in [1.807, 2.05) is 0 Å². The standard InChI is InChI=1S/C56H104N2O5/c1-3-5-7-9-11-13-15-17-19-20-21-22-23-24-25-26-27-29-31-33-35-40-44-50-55(60)63-52(46-41-37-34-32-30-28-18-16-14-12-10-8-6-4-2)47-42-38-36-39-43-49-54(59)58-53(56(61)62)48-45-51-57/h15,17,20-21,23-24,52-53H,3-14,16,18-19,22,25-51,57H2,1-2H3,(H,58,59)(H,61,62)/b17-15-,21-20-,24-23-. The van der Waals surface area contributed by atoms with Crippen LogP contribution < -0.4 is 11.1 Å². The van der Waals surface area contributed by atoms with Gasteiger partial charge >= 0.3 is 11.9 Å². The summed E-state index contributed by atoms with van der Waals surface area (Å²) in [6, 6.07) is -0.857. The molecule has 7 nitrogen and oxygen atoms in total. The lowest BCUT2D eigenvalue weighted by molar-refractivity contribution is -0.150. The van der Waals surface area contributed by atoms with Gasteiger partial charge in [-0.1, -0.05) is 217 Å². The number of nitrogens with two attached hydrogens (primary N) is 1. The molecular weight excluding hydrogens is 781 g/mol. The first kappa shape index (κ1) is 60.6. The van der Waals surface area contributed by atoms with Crippen molar-refractivity contribution < 1.29 is 24.2 Å². The quantitative estimate of drug-likeness (QED) is 0.0318. The number of amides is 1. The summed E-state index contributed by atoms with van der Waals surface area (Å²) in [4.78, 5) is 36.6. The van der Waals surface area contributed by atoms with Crippen molar-refractivity contribution in [2.45, 2.75) is 296 Å². The van der Waals surface area contributed by atoms with E-state index in [0.717, 1.165) is 77.0 Å². The molecule has 0 saturated heterocycles. The van der Waals surface area contributed by atoms with Crippen LogP contribution in [0.2, 0.25) is 0 Å². The minimum absolute atomic E-state index is 0.00958. The van der Waals surface area contributed by atoms with Crippen LogP contribution in [0, 0.1) is 0 Å². The van der Waals surface area contributed by atoms with E-state index in [9.17, 15) is 19.5 Å². The van der Waals surface area contributed by atoms with Crippen LogP contribution in [0.5, 0.6) is 0 Å². The molecule has 7 heteroatoms. The average Bonchev–Trinajstić information content (AvgIpc) is 3.27. The normalized spacial score (nSPS) is 12.8. The molecule has 0 bridgehead atoms. The van der Waals surface area contributed by atoms with E-state index < -0.39 is 12.0 Å². The van der Waals surface area contributed by atoms with Gasteiger partial charge in [0.2, 0.25) is 5.91 Å². The Hall–Kier alpha value is -2.41. The van der Waals surface area contributed by atoms with Gasteiger partial charge in [-0.05, 0) is 96.4 Å². The number of ether oxygens (including phenoxy) is 1. The molecular formula is C56H104N2O5. The number of hydrogen-bond donors (Lipinski definition) is 3. The Morgan fingerprint density at radius 1 is 0.460 bits per heavy atom. The molecule has 0 aliphatic heterocycles. The fraction of sp³-hybridized carbons (Fsp3) is 0.839. The summed E-state index contributed by atoms with van der Waals surface area (Å²) in [5.41, 5.74) is 5.51. The molecule has 0 aromatic carbocycles. The van der Waals surface area contributed by atoms with Crippen LogP contribution in [0.3, 0.4) is 0 Å². The number of rotatable bonds is 50. The lowest BCUT2D eigenvalue weighted by Gasteiger charge is -2.18. The second-order valence-corrected chi connectivity index (χ2v) is 18.6. The number of carbonyl (C=O) groups is 3. The monoisotopic (exact) mass is 885 g/mol. The molecule has 368 valence electrons. The van der Waals surface area contributed by atoms with Gasteiger partial charge in [0.1, 0.15) is 12.1 Å². The molecule has 0 fully saturated rings. The van der Waals surface area contributed by atoms with Crippen molar-refractivity contribution in [3.63, 3.8) is 0 Å². The molecule has 2 unspecified atom stereocenters. The first-order valence-corrected chi connectivity index (χ1v) is 27.3. The molecule has 0 saturated carbocycles. The highest BCUT2D eigenvalue weighted by molar-refractivity contribution is 5.83. The van der Waals surface area contributed by atoms with E-state index in [0.29, 0.717) is 32.2 Å². The number of carboxylic acids is 1.